The summed E-state index contributed by atoms with van der Waals surface area (Å²) in [4.78, 5) is 29.0. The Morgan fingerprint density at radius 2 is 1.80 bits per heavy atom. The minimum atomic E-state index is -0.131. The monoisotopic (exact) mass is 407 g/mol. The lowest BCUT2D eigenvalue weighted by Crippen LogP contribution is -2.39. The van der Waals surface area contributed by atoms with Crippen LogP contribution in [0.15, 0.2) is 24.3 Å². The lowest BCUT2D eigenvalue weighted by molar-refractivity contribution is -0.133. The van der Waals surface area contributed by atoms with Crippen LogP contribution in [-0.4, -0.2) is 54.1 Å². The van der Waals surface area contributed by atoms with Crippen LogP contribution in [0.5, 0.6) is 0 Å². The Hall–Kier alpha value is -3.23. The van der Waals surface area contributed by atoms with Crippen molar-refractivity contribution in [2.45, 2.75) is 51.2 Å². The summed E-state index contributed by atoms with van der Waals surface area (Å²) in [5.74, 6) is -0.194. The third kappa shape index (κ3) is 3.44. The topological polar surface area (TPSA) is 97.9 Å². The fourth-order valence-corrected chi connectivity index (χ4v) is 4.51. The van der Waals surface area contributed by atoms with E-state index in [1.54, 1.807) is 9.58 Å². The van der Waals surface area contributed by atoms with Crippen molar-refractivity contribution < 1.29 is 9.59 Å². The first-order valence-corrected chi connectivity index (χ1v) is 10.5. The van der Waals surface area contributed by atoms with E-state index in [0.717, 1.165) is 48.0 Å². The molecule has 9 nitrogen and oxygen atoms in total. The van der Waals surface area contributed by atoms with Gasteiger partial charge in [0, 0.05) is 43.9 Å². The molecule has 2 aromatic heterocycles. The second-order valence-corrected chi connectivity index (χ2v) is 8.14. The Morgan fingerprint density at radius 3 is 2.50 bits per heavy atom. The summed E-state index contributed by atoms with van der Waals surface area (Å²) in [6, 6.07) is 7.78. The zero-order valence-corrected chi connectivity index (χ0v) is 17.0. The zero-order valence-electron chi connectivity index (χ0n) is 17.0. The van der Waals surface area contributed by atoms with Crippen molar-refractivity contribution in [2.24, 2.45) is 7.05 Å². The van der Waals surface area contributed by atoms with Crippen LogP contribution in [0.3, 0.4) is 0 Å². The van der Waals surface area contributed by atoms with E-state index in [2.05, 4.69) is 20.6 Å². The molecule has 3 heterocycles. The lowest BCUT2D eigenvalue weighted by atomic mass is 10.0. The van der Waals surface area contributed by atoms with Crippen molar-refractivity contribution in [3.05, 3.63) is 41.2 Å². The average molecular weight is 407 g/mol. The second-order valence-electron chi connectivity index (χ2n) is 8.14. The van der Waals surface area contributed by atoms with E-state index in [1.807, 2.05) is 31.3 Å². The van der Waals surface area contributed by atoms with Gasteiger partial charge in [-0.15, -0.1) is 0 Å². The third-order valence-corrected chi connectivity index (χ3v) is 6.11. The summed E-state index contributed by atoms with van der Waals surface area (Å²) >= 11 is 0. The van der Waals surface area contributed by atoms with Crippen molar-refractivity contribution in [3.63, 3.8) is 0 Å². The Balaban J connectivity index is 1.32. The third-order valence-electron chi connectivity index (χ3n) is 6.11. The number of aryl methyl sites for hydroxylation is 1. The maximum atomic E-state index is 12.9. The summed E-state index contributed by atoms with van der Waals surface area (Å²) in [5, 5.41) is 16.3. The molecule has 2 amide bonds. The smallest absolute Gasteiger partial charge is 0.272 e. The molecule has 1 fully saturated rings. The van der Waals surface area contributed by atoms with Gasteiger partial charge in [-0.05, 0) is 25.0 Å². The predicted molar refractivity (Wildman–Crippen MR) is 110 cm³/mol. The molecule has 1 aliphatic heterocycles. The highest BCUT2D eigenvalue weighted by molar-refractivity contribution is 5.94. The van der Waals surface area contributed by atoms with Crippen molar-refractivity contribution in [3.8, 4) is 0 Å². The van der Waals surface area contributed by atoms with Gasteiger partial charge in [0.2, 0.25) is 5.91 Å². The molecule has 0 bridgehead atoms. The highest BCUT2D eigenvalue weighted by Gasteiger charge is 2.30. The maximum Gasteiger partial charge on any atom is 0.272 e. The van der Waals surface area contributed by atoms with Crippen LogP contribution in [-0.2, 0) is 31.4 Å². The molecule has 30 heavy (non-hydrogen) atoms. The summed E-state index contributed by atoms with van der Waals surface area (Å²) < 4.78 is 1.78. The zero-order chi connectivity index (χ0) is 20.7. The molecule has 5 rings (SSSR count). The Labute approximate surface area is 174 Å². The molecule has 9 heteroatoms. The number of amides is 2. The number of aromatic nitrogens is 5. The summed E-state index contributed by atoms with van der Waals surface area (Å²) in [5.41, 5.74) is 3.86. The summed E-state index contributed by atoms with van der Waals surface area (Å²) in [6.45, 7) is 1.06. The number of hydrogen-bond acceptors (Lipinski definition) is 5. The van der Waals surface area contributed by atoms with Gasteiger partial charge in [0.05, 0.1) is 0 Å². The molecule has 0 atom stereocenters. The molecule has 156 valence electrons. The Bertz CT molecular complexity index is 1080. The van der Waals surface area contributed by atoms with Crippen LogP contribution >= 0.6 is 0 Å². The summed E-state index contributed by atoms with van der Waals surface area (Å²) in [6.07, 6.45) is 5.04. The van der Waals surface area contributed by atoms with E-state index in [1.165, 1.54) is 4.80 Å². The van der Waals surface area contributed by atoms with Gasteiger partial charge in [-0.25, -0.2) is 0 Å². The van der Waals surface area contributed by atoms with Crippen LogP contribution < -0.4 is 5.32 Å². The van der Waals surface area contributed by atoms with E-state index in [4.69, 9.17) is 0 Å². The van der Waals surface area contributed by atoms with Gasteiger partial charge in [-0.2, -0.15) is 20.1 Å². The van der Waals surface area contributed by atoms with Crippen LogP contribution in [0.25, 0.3) is 11.0 Å². The number of benzene rings is 1. The Kier molecular flexibility index (Phi) is 4.72. The number of carbonyl (C=O) groups is 2. The first-order chi connectivity index (χ1) is 14.6. The van der Waals surface area contributed by atoms with Crippen molar-refractivity contribution in [2.75, 3.05) is 6.54 Å². The predicted octanol–water partition coefficient (Wildman–Crippen LogP) is 1.42. The van der Waals surface area contributed by atoms with Crippen molar-refractivity contribution in [1.29, 1.82) is 0 Å². The number of hydrogen-bond donors (Lipinski definition) is 1. The molecular weight excluding hydrogens is 382 g/mol. The first kappa shape index (κ1) is 18.8. The van der Waals surface area contributed by atoms with Crippen LogP contribution in [0, 0.1) is 0 Å². The fourth-order valence-electron chi connectivity index (χ4n) is 4.51. The molecular formula is C21H25N7O2. The molecule has 1 N–H and O–H groups in total. The van der Waals surface area contributed by atoms with Crippen LogP contribution in [0.4, 0.5) is 0 Å². The fraction of sp³-hybridized carbons (Fsp3) is 0.476. The molecule has 3 aromatic rings. The first-order valence-electron chi connectivity index (χ1n) is 10.5. The van der Waals surface area contributed by atoms with E-state index in [0.29, 0.717) is 25.2 Å². The summed E-state index contributed by atoms with van der Waals surface area (Å²) in [7, 11) is 1.86. The minimum absolute atomic E-state index is 0.0630. The van der Waals surface area contributed by atoms with E-state index in [9.17, 15) is 9.59 Å². The quantitative estimate of drug-likeness (QED) is 0.705. The SMILES string of the molecule is Cn1nc(C(=O)NC2CCCC2)c2c1CCN(C(=O)Cn1nc3ccccc3n1)C2. The van der Waals surface area contributed by atoms with Gasteiger partial charge in [0.15, 0.2) is 5.69 Å². The number of nitrogens with one attached hydrogen (secondary N) is 1. The van der Waals surface area contributed by atoms with Gasteiger partial charge >= 0.3 is 0 Å². The number of rotatable bonds is 4. The number of carbonyl (C=O) groups excluding carboxylic acids is 2. The average Bonchev–Trinajstić information content (AvgIpc) is 3.46. The van der Waals surface area contributed by atoms with Gasteiger partial charge < -0.3 is 10.2 Å². The minimum Gasteiger partial charge on any atom is -0.348 e. The molecule has 0 spiro atoms. The van der Waals surface area contributed by atoms with Crippen LogP contribution in [0.1, 0.15) is 47.4 Å². The van der Waals surface area contributed by atoms with E-state index in [-0.39, 0.29) is 24.4 Å². The molecule has 1 aromatic carbocycles. The largest absolute Gasteiger partial charge is 0.348 e. The van der Waals surface area contributed by atoms with Gasteiger partial charge in [-0.1, -0.05) is 25.0 Å². The highest BCUT2D eigenvalue weighted by atomic mass is 16.2. The molecule has 1 aliphatic carbocycles. The molecule has 0 saturated heterocycles. The number of fused-ring (bicyclic) bond motifs is 2. The number of nitrogens with zero attached hydrogens (tertiary/aromatic N) is 6. The molecule has 0 radical (unpaired) electrons. The normalized spacial score (nSPS) is 16.8. The van der Waals surface area contributed by atoms with Crippen molar-refractivity contribution in [1.82, 2.24) is 35.0 Å². The highest BCUT2D eigenvalue weighted by Crippen LogP contribution is 2.24. The van der Waals surface area contributed by atoms with Gasteiger partial charge in [-0.3, -0.25) is 14.3 Å². The lowest BCUT2D eigenvalue weighted by Gasteiger charge is -2.27. The second kappa shape index (κ2) is 7.55. The molecule has 1 saturated carbocycles. The molecule has 2 aliphatic rings. The van der Waals surface area contributed by atoms with E-state index >= 15 is 0 Å². The maximum absolute atomic E-state index is 12.9. The Morgan fingerprint density at radius 1 is 1.10 bits per heavy atom. The standard InChI is InChI=1S/C21H25N7O2/c1-26-18-10-11-27(19(29)13-28-23-16-8-4-5-9-17(16)24-28)12-15(18)20(25-26)21(30)22-14-6-2-3-7-14/h4-5,8-9,14H,2-3,6-7,10-13H2,1H3,(H,22,30). The van der Waals surface area contributed by atoms with Crippen molar-refractivity contribution >= 4 is 22.8 Å². The van der Waals surface area contributed by atoms with Gasteiger partial charge in [0.25, 0.3) is 5.91 Å². The van der Waals surface area contributed by atoms with Gasteiger partial charge in [0.1, 0.15) is 17.6 Å². The molecule has 0 unspecified atom stereocenters. The van der Waals surface area contributed by atoms with E-state index < -0.39 is 0 Å². The van der Waals surface area contributed by atoms with Crippen LogP contribution in [0.2, 0.25) is 0 Å².